The quantitative estimate of drug-likeness (QED) is 0.462. The van der Waals surface area contributed by atoms with Crippen LogP contribution in [0, 0.1) is 0 Å². The van der Waals surface area contributed by atoms with Crippen LogP contribution in [0.2, 0.25) is 0 Å². The number of nitrogens with zero attached hydrogens (tertiary/aromatic N) is 2. The van der Waals surface area contributed by atoms with E-state index < -0.39 is 0 Å². The van der Waals surface area contributed by atoms with E-state index in [-0.39, 0.29) is 0 Å². The molecular weight excluding hydrogens is 126 g/mol. The van der Waals surface area contributed by atoms with Gasteiger partial charge < -0.3 is 5.73 Å². The molecule has 0 amide bonds. The van der Waals surface area contributed by atoms with Crippen LogP contribution in [0.25, 0.3) is 0 Å². The van der Waals surface area contributed by atoms with E-state index in [0.29, 0.717) is 5.82 Å². The summed E-state index contributed by atoms with van der Waals surface area (Å²) in [7, 11) is 1.82. The Bertz CT molecular complexity index is 154. The minimum Gasteiger partial charge on any atom is -0.384 e. The Hall–Kier alpha value is -0.990. The molecule has 0 saturated heterocycles. The molecule has 2 N–H and O–H groups in total. The maximum absolute atomic E-state index is 5.64. The first-order chi connectivity index (χ1) is 4.59. The van der Waals surface area contributed by atoms with Crippen LogP contribution in [0.15, 0.2) is 16.5 Å². The standard InChI is InChI=1S/C7H15N3/c1-5-9-10(4)7(8)6(2)3/h5H,8H2,1-4H3/b9-5+. The molecule has 0 atom stereocenters. The fourth-order valence-corrected chi connectivity index (χ4v) is 0.559. The Balaban J connectivity index is 4.21. The van der Waals surface area contributed by atoms with Crippen LogP contribution >= 0.6 is 0 Å². The fraction of sp³-hybridized carbons (Fsp3) is 0.571. The highest BCUT2D eigenvalue weighted by atomic mass is 15.5. The van der Waals surface area contributed by atoms with Crippen molar-refractivity contribution in [2.24, 2.45) is 10.8 Å². The van der Waals surface area contributed by atoms with Crippen molar-refractivity contribution in [3.63, 3.8) is 0 Å². The van der Waals surface area contributed by atoms with Crippen molar-refractivity contribution >= 4 is 6.21 Å². The molecule has 58 valence electrons. The third-order valence-corrected chi connectivity index (χ3v) is 1.15. The lowest BCUT2D eigenvalue weighted by Gasteiger charge is -2.13. The molecule has 10 heavy (non-hydrogen) atoms. The zero-order valence-electron chi connectivity index (χ0n) is 7.05. The van der Waals surface area contributed by atoms with Gasteiger partial charge in [0, 0.05) is 13.3 Å². The monoisotopic (exact) mass is 141 g/mol. The van der Waals surface area contributed by atoms with E-state index in [1.165, 1.54) is 0 Å². The molecule has 0 bridgehead atoms. The van der Waals surface area contributed by atoms with Crippen molar-refractivity contribution in [2.45, 2.75) is 20.8 Å². The van der Waals surface area contributed by atoms with Gasteiger partial charge in [0.1, 0.15) is 5.82 Å². The van der Waals surface area contributed by atoms with Crippen LogP contribution in [0.1, 0.15) is 20.8 Å². The third kappa shape index (κ3) is 2.53. The molecular formula is C7H15N3. The molecule has 3 nitrogen and oxygen atoms in total. The number of hydrogen-bond donors (Lipinski definition) is 1. The Labute approximate surface area is 62.2 Å². The summed E-state index contributed by atoms with van der Waals surface area (Å²) >= 11 is 0. The zero-order chi connectivity index (χ0) is 8.15. The molecule has 0 radical (unpaired) electrons. The highest BCUT2D eigenvalue weighted by Gasteiger charge is 1.95. The summed E-state index contributed by atoms with van der Waals surface area (Å²) < 4.78 is 0. The molecule has 0 aromatic carbocycles. The minimum absolute atomic E-state index is 0.707. The summed E-state index contributed by atoms with van der Waals surface area (Å²) in [6.45, 7) is 5.77. The van der Waals surface area contributed by atoms with E-state index in [0.717, 1.165) is 5.57 Å². The molecule has 0 unspecified atom stereocenters. The van der Waals surface area contributed by atoms with Gasteiger partial charge in [-0.1, -0.05) is 0 Å². The molecule has 0 spiro atoms. The van der Waals surface area contributed by atoms with Gasteiger partial charge in [-0.25, -0.2) is 0 Å². The molecule has 3 heteroatoms. The maximum Gasteiger partial charge on any atom is 0.118 e. The third-order valence-electron chi connectivity index (χ3n) is 1.15. The Kier molecular flexibility index (Phi) is 3.54. The summed E-state index contributed by atoms with van der Waals surface area (Å²) in [5.74, 6) is 0.707. The summed E-state index contributed by atoms with van der Waals surface area (Å²) in [6, 6.07) is 0. The molecule has 0 aliphatic carbocycles. The van der Waals surface area contributed by atoms with E-state index in [4.69, 9.17) is 5.73 Å². The van der Waals surface area contributed by atoms with E-state index in [9.17, 15) is 0 Å². The average molecular weight is 141 g/mol. The zero-order valence-corrected chi connectivity index (χ0v) is 7.05. The second-order valence-electron chi connectivity index (χ2n) is 2.28. The van der Waals surface area contributed by atoms with E-state index in [1.54, 1.807) is 11.2 Å². The minimum atomic E-state index is 0.707. The van der Waals surface area contributed by atoms with Crippen LogP contribution in [-0.2, 0) is 0 Å². The van der Waals surface area contributed by atoms with Gasteiger partial charge in [-0.05, 0) is 26.3 Å². The Morgan fingerprint density at radius 1 is 1.50 bits per heavy atom. The lowest BCUT2D eigenvalue weighted by atomic mass is 10.3. The van der Waals surface area contributed by atoms with Gasteiger partial charge >= 0.3 is 0 Å². The van der Waals surface area contributed by atoms with E-state index >= 15 is 0 Å². The second kappa shape index (κ2) is 3.93. The lowest BCUT2D eigenvalue weighted by molar-refractivity contribution is 0.437. The van der Waals surface area contributed by atoms with Crippen molar-refractivity contribution in [1.29, 1.82) is 0 Å². The molecule has 0 aromatic heterocycles. The van der Waals surface area contributed by atoms with Gasteiger partial charge in [-0.2, -0.15) is 5.10 Å². The molecule has 0 saturated carbocycles. The van der Waals surface area contributed by atoms with Crippen molar-refractivity contribution in [3.8, 4) is 0 Å². The molecule has 0 fully saturated rings. The van der Waals surface area contributed by atoms with Gasteiger partial charge in [0.25, 0.3) is 0 Å². The fourth-order valence-electron chi connectivity index (χ4n) is 0.559. The van der Waals surface area contributed by atoms with Gasteiger partial charge in [0.15, 0.2) is 0 Å². The molecule has 0 heterocycles. The summed E-state index contributed by atoms with van der Waals surface area (Å²) in [5, 5.41) is 5.62. The highest BCUT2D eigenvalue weighted by molar-refractivity contribution is 5.52. The number of rotatable bonds is 2. The van der Waals surface area contributed by atoms with E-state index in [1.807, 2.05) is 27.8 Å². The maximum atomic E-state index is 5.64. The highest BCUT2D eigenvalue weighted by Crippen LogP contribution is 1.99. The molecule has 0 rings (SSSR count). The molecule has 0 aromatic rings. The van der Waals surface area contributed by atoms with Crippen molar-refractivity contribution < 1.29 is 0 Å². The van der Waals surface area contributed by atoms with Crippen LogP contribution in [0.5, 0.6) is 0 Å². The van der Waals surface area contributed by atoms with Crippen molar-refractivity contribution in [1.82, 2.24) is 5.01 Å². The van der Waals surface area contributed by atoms with E-state index in [2.05, 4.69) is 5.10 Å². The smallest absolute Gasteiger partial charge is 0.118 e. The SMILES string of the molecule is C/C=N/N(C)C(N)=C(C)C. The van der Waals surface area contributed by atoms with Crippen molar-refractivity contribution in [2.75, 3.05) is 7.05 Å². The topological polar surface area (TPSA) is 41.6 Å². The Morgan fingerprint density at radius 2 is 2.00 bits per heavy atom. The first kappa shape index (κ1) is 9.01. The van der Waals surface area contributed by atoms with Gasteiger partial charge in [-0.15, -0.1) is 0 Å². The Morgan fingerprint density at radius 3 is 2.30 bits per heavy atom. The van der Waals surface area contributed by atoms with Crippen molar-refractivity contribution in [3.05, 3.63) is 11.4 Å². The number of hydrazone groups is 1. The largest absolute Gasteiger partial charge is 0.384 e. The lowest BCUT2D eigenvalue weighted by Crippen LogP contribution is -2.19. The average Bonchev–Trinajstić information content (AvgIpc) is 1.87. The van der Waals surface area contributed by atoms with Gasteiger partial charge in [0.2, 0.25) is 0 Å². The first-order valence-corrected chi connectivity index (χ1v) is 3.25. The summed E-state index contributed by atoms with van der Waals surface area (Å²) in [4.78, 5) is 0. The van der Waals surface area contributed by atoms with Crippen LogP contribution in [-0.4, -0.2) is 18.3 Å². The predicted octanol–water partition coefficient (Wildman–Crippen LogP) is 1.13. The first-order valence-electron chi connectivity index (χ1n) is 3.25. The van der Waals surface area contributed by atoms with Gasteiger partial charge in [-0.3, -0.25) is 5.01 Å². The number of nitrogens with two attached hydrogens (primary N) is 1. The van der Waals surface area contributed by atoms with Crippen LogP contribution in [0.4, 0.5) is 0 Å². The molecule has 0 aliphatic rings. The summed E-state index contributed by atoms with van der Waals surface area (Å²) in [5.41, 5.74) is 6.71. The normalized spacial score (nSPS) is 10.0. The summed E-state index contributed by atoms with van der Waals surface area (Å²) in [6.07, 6.45) is 1.70. The molecule has 0 aliphatic heterocycles. The van der Waals surface area contributed by atoms with Crippen LogP contribution < -0.4 is 5.73 Å². The second-order valence-corrected chi connectivity index (χ2v) is 2.28. The van der Waals surface area contributed by atoms with Gasteiger partial charge in [0.05, 0.1) is 0 Å². The van der Waals surface area contributed by atoms with Crippen LogP contribution in [0.3, 0.4) is 0 Å². The predicted molar refractivity (Wildman–Crippen MR) is 44.5 cm³/mol. The number of allylic oxidation sites excluding steroid dienone is 1. The number of hydrogen-bond acceptors (Lipinski definition) is 3.